The second-order valence-corrected chi connectivity index (χ2v) is 5.45. The zero-order valence-corrected chi connectivity index (χ0v) is 11.9. The molecule has 1 fully saturated rings. The summed E-state index contributed by atoms with van der Waals surface area (Å²) in [4.78, 5) is 2.24. The Kier molecular flexibility index (Phi) is 3.54. The second kappa shape index (κ2) is 5.34. The molecule has 1 unspecified atom stereocenters. The molecule has 1 aromatic heterocycles. The molecule has 0 spiro atoms. The molecule has 106 valence electrons. The minimum atomic E-state index is 0.198. The van der Waals surface area contributed by atoms with Gasteiger partial charge in [-0.1, -0.05) is 22.8 Å². The molecule has 0 radical (unpaired) electrons. The van der Waals surface area contributed by atoms with Crippen molar-refractivity contribution in [1.29, 1.82) is 0 Å². The van der Waals surface area contributed by atoms with E-state index < -0.39 is 0 Å². The number of benzene rings is 1. The Hall–Kier alpha value is -1.72. The molecule has 0 aliphatic carbocycles. The van der Waals surface area contributed by atoms with Crippen LogP contribution in [0.2, 0.25) is 5.02 Å². The van der Waals surface area contributed by atoms with Crippen molar-refractivity contribution in [3.63, 3.8) is 0 Å². The number of halogens is 1. The molecule has 1 aliphatic rings. The number of hydrogen-bond acceptors (Lipinski definition) is 5. The molecule has 2 N–H and O–H groups in total. The summed E-state index contributed by atoms with van der Waals surface area (Å²) in [6.07, 6.45) is 2.80. The van der Waals surface area contributed by atoms with Crippen LogP contribution >= 0.6 is 11.6 Å². The number of likely N-dealkylation sites (tertiary alicyclic amines) is 1. The van der Waals surface area contributed by atoms with Gasteiger partial charge in [-0.25, -0.2) is 0 Å². The van der Waals surface area contributed by atoms with Crippen LogP contribution in [0, 0.1) is 0 Å². The van der Waals surface area contributed by atoms with Crippen LogP contribution in [0.1, 0.15) is 6.42 Å². The Morgan fingerprint density at radius 3 is 2.95 bits per heavy atom. The molecule has 1 aromatic carbocycles. The number of nitrogens with two attached hydrogens (primary N) is 1. The summed E-state index contributed by atoms with van der Waals surface area (Å²) in [6, 6.07) is 5.59. The molecule has 5 nitrogen and oxygen atoms in total. The third kappa shape index (κ3) is 2.59. The average Bonchev–Trinajstić information content (AvgIpc) is 3.01. The van der Waals surface area contributed by atoms with Crippen LogP contribution in [0.25, 0.3) is 11.1 Å². The van der Waals surface area contributed by atoms with Crippen molar-refractivity contribution in [2.45, 2.75) is 12.5 Å². The maximum atomic E-state index is 6.28. The first kappa shape index (κ1) is 13.3. The van der Waals surface area contributed by atoms with E-state index in [0.29, 0.717) is 10.8 Å². The Labute approximate surface area is 122 Å². The predicted molar refractivity (Wildman–Crippen MR) is 77.9 cm³/mol. The quantitative estimate of drug-likeness (QED) is 0.942. The van der Waals surface area contributed by atoms with Crippen molar-refractivity contribution < 1.29 is 9.26 Å². The Bertz CT molecular complexity index is 614. The number of aromatic nitrogens is 1. The number of nitrogens with zero attached hydrogens (tertiary/aromatic N) is 2. The highest BCUT2D eigenvalue weighted by Gasteiger charge is 2.22. The largest absolute Gasteiger partial charge is 0.487 e. The zero-order chi connectivity index (χ0) is 14.1. The molecule has 0 amide bonds. The van der Waals surface area contributed by atoms with Gasteiger partial charge in [0.05, 0.1) is 16.8 Å². The highest BCUT2D eigenvalue weighted by molar-refractivity contribution is 6.32. The molecule has 1 aliphatic heterocycles. The van der Waals surface area contributed by atoms with Gasteiger partial charge in [-0.05, 0) is 31.2 Å². The minimum absolute atomic E-state index is 0.198. The maximum absolute atomic E-state index is 6.28. The standard InChI is InChI=1S/C14H16ClN3O2/c1-18-5-4-10(8-18)19-13-3-2-9(6-12(13)15)11-7-17-20-14(11)16/h2-3,6-7,10H,4-5,8,16H2,1H3. The van der Waals surface area contributed by atoms with E-state index in [-0.39, 0.29) is 12.0 Å². The van der Waals surface area contributed by atoms with E-state index in [9.17, 15) is 0 Å². The van der Waals surface area contributed by atoms with E-state index in [1.807, 2.05) is 18.2 Å². The maximum Gasteiger partial charge on any atom is 0.229 e. The lowest BCUT2D eigenvalue weighted by Crippen LogP contribution is -2.21. The normalized spacial score (nSPS) is 19.4. The lowest BCUT2D eigenvalue weighted by Gasteiger charge is -2.15. The number of anilines is 1. The number of hydrogen-bond donors (Lipinski definition) is 1. The van der Waals surface area contributed by atoms with Gasteiger partial charge in [0, 0.05) is 13.1 Å². The average molecular weight is 294 g/mol. The first-order chi connectivity index (χ1) is 9.63. The van der Waals surface area contributed by atoms with E-state index in [1.165, 1.54) is 0 Å². The zero-order valence-electron chi connectivity index (χ0n) is 11.2. The first-order valence-electron chi connectivity index (χ1n) is 6.49. The van der Waals surface area contributed by atoms with Crippen LogP contribution in [0.15, 0.2) is 28.9 Å². The summed E-state index contributed by atoms with van der Waals surface area (Å²) in [7, 11) is 2.09. The fourth-order valence-electron chi connectivity index (χ4n) is 2.40. The number of rotatable bonds is 3. The highest BCUT2D eigenvalue weighted by atomic mass is 35.5. The lowest BCUT2D eigenvalue weighted by atomic mass is 10.1. The second-order valence-electron chi connectivity index (χ2n) is 5.04. The summed E-state index contributed by atoms with van der Waals surface area (Å²) < 4.78 is 10.8. The molecule has 1 atom stereocenters. The molecule has 1 saturated heterocycles. The van der Waals surface area contributed by atoms with Gasteiger partial charge in [0.1, 0.15) is 11.9 Å². The van der Waals surface area contributed by atoms with Crippen molar-refractivity contribution in [1.82, 2.24) is 10.1 Å². The van der Waals surface area contributed by atoms with Gasteiger partial charge in [-0.2, -0.15) is 0 Å². The lowest BCUT2D eigenvalue weighted by molar-refractivity contribution is 0.208. The van der Waals surface area contributed by atoms with Gasteiger partial charge in [-0.15, -0.1) is 0 Å². The van der Waals surface area contributed by atoms with Crippen LogP contribution in [0.3, 0.4) is 0 Å². The summed E-state index contributed by atoms with van der Waals surface area (Å²) in [6.45, 7) is 1.98. The summed E-state index contributed by atoms with van der Waals surface area (Å²) in [5, 5.41) is 4.23. The van der Waals surface area contributed by atoms with Crippen LogP contribution in [-0.2, 0) is 0 Å². The van der Waals surface area contributed by atoms with Gasteiger partial charge in [-0.3, -0.25) is 0 Å². The molecule has 3 rings (SSSR count). The minimum Gasteiger partial charge on any atom is -0.487 e. The summed E-state index contributed by atoms with van der Waals surface area (Å²) in [5.74, 6) is 0.984. The number of nitrogen functional groups attached to an aromatic ring is 1. The van der Waals surface area contributed by atoms with E-state index >= 15 is 0 Å². The summed E-state index contributed by atoms with van der Waals surface area (Å²) >= 11 is 6.28. The van der Waals surface area contributed by atoms with Crippen molar-refractivity contribution in [3.05, 3.63) is 29.4 Å². The molecule has 2 aromatic rings. The SMILES string of the molecule is CN1CCC(Oc2ccc(-c3cnoc3N)cc2Cl)C1. The van der Waals surface area contributed by atoms with Gasteiger partial charge < -0.3 is 19.9 Å². The van der Waals surface area contributed by atoms with Crippen LogP contribution in [0.5, 0.6) is 5.75 Å². The van der Waals surface area contributed by atoms with Crippen LogP contribution in [0.4, 0.5) is 5.88 Å². The van der Waals surface area contributed by atoms with Crippen molar-refractivity contribution in [2.75, 3.05) is 25.9 Å². The van der Waals surface area contributed by atoms with Crippen LogP contribution in [-0.4, -0.2) is 36.3 Å². The van der Waals surface area contributed by atoms with Gasteiger partial charge in [0.25, 0.3) is 0 Å². The topological polar surface area (TPSA) is 64.5 Å². The molecule has 2 heterocycles. The monoisotopic (exact) mass is 293 g/mol. The fourth-order valence-corrected chi connectivity index (χ4v) is 2.62. The molecule has 6 heteroatoms. The molecular formula is C14H16ClN3O2. The van der Waals surface area contributed by atoms with Crippen LogP contribution < -0.4 is 10.5 Å². The molecular weight excluding hydrogens is 278 g/mol. The van der Waals surface area contributed by atoms with Gasteiger partial charge in [0.2, 0.25) is 5.88 Å². The van der Waals surface area contributed by atoms with E-state index in [0.717, 1.165) is 30.6 Å². The van der Waals surface area contributed by atoms with Crippen molar-refractivity contribution in [2.24, 2.45) is 0 Å². The predicted octanol–water partition coefficient (Wildman–Crippen LogP) is 2.66. The Morgan fingerprint density at radius 1 is 1.50 bits per heavy atom. The molecule has 0 saturated carbocycles. The Morgan fingerprint density at radius 2 is 2.35 bits per heavy atom. The van der Waals surface area contributed by atoms with E-state index in [2.05, 4.69) is 17.1 Å². The highest BCUT2D eigenvalue weighted by Crippen LogP contribution is 2.33. The van der Waals surface area contributed by atoms with Crippen molar-refractivity contribution >= 4 is 17.5 Å². The van der Waals surface area contributed by atoms with Crippen molar-refractivity contribution in [3.8, 4) is 16.9 Å². The number of ether oxygens (including phenoxy) is 1. The first-order valence-corrected chi connectivity index (χ1v) is 6.86. The number of likely N-dealkylation sites (N-methyl/N-ethyl adjacent to an activating group) is 1. The fraction of sp³-hybridized carbons (Fsp3) is 0.357. The van der Waals surface area contributed by atoms with E-state index in [4.69, 9.17) is 26.6 Å². The molecule has 0 bridgehead atoms. The van der Waals surface area contributed by atoms with Gasteiger partial charge >= 0.3 is 0 Å². The van der Waals surface area contributed by atoms with E-state index in [1.54, 1.807) is 6.20 Å². The third-order valence-corrected chi connectivity index (χ3v) is 3.78. The Balaban J connectivity index is 1.79. The summed E-state index contributed by atoms with van der Waals surface area (Å²) in [5.41, 5.74) is 7.30. The smallest absolute Gasteiger partial charge is 0.229 e. The third-order valence-electron chi connectivity index (χ3n) is 3.48. The molecule has 20 heavy (non-hydrogen) atoms. The van der Waals surface area contributed by atoms with Gasteiger partial charge in [0.15, 0.2) is 0 Å².